The van der Waals surface area contributed by atoms with Crippen LogP contribution < -0.4 is 5.73 Å². The number of H-pyrrole nitrogens is 1. The van der Waals surface area contributed by atoms with E-state index in [1.54, 1.807) is 11.3 Å². The molecule has 96 valence electrons. The van der Waals surface area contributed by atoms with Gasteiger partial charge in [-0.15, -0.1) is 11.3 Å². The topological polar surface area (TPSA) is 67.6 Å². The molecule has 0 saturated carbocycles. The number of hydrogen-bond acceptors (Lipinski definition) is 4. The third kappa shape index (κ3) is 1.58. The Morgan fingerprint density at radius 3 is 3.00 bits per heavy atom. The van der Waals surface area contributed by atoms with Crippen molar-refractivity contribution in [3.05, 3.63) is 28.8 Å². The van der Waals surface area contributed by atoms with Crippen LogP contribution in [0.3, 0.4) is 0 Å². The third-order valence-electron chi connectivity index (χ3n) is 3.77. The first-order valence-electron chi connectivity index (χ1n) is 6.54. The number of aromatic amines is 1. The molecule has 1 aliphatic rings. The van der Waals surface area contributed by atoms with E-state index >= 15 is 0 Å². The van der Waals surface area contributed by atoms with Gasteiger partial charge in [0.1, 0.15) is 5.82 Å². The molecule has 19 heavy (non-hydrogen) atoms. The lowest BCUT2D eigenvalue weighted by Crippen LogP contribution is -2.07. The van der Waals surface area contributed by atoms with Gasteiger partial charge >= 0.3 is 0 Å². The van der Waals surface area contributed by atoms with E-state index in [-0.39, 0.29) is 0 Å². The number of nitrogen functional groups attached to an aromatic ring is 1. The second-order valence-electron chi connectivity index (χ2n) is 4.93. The zero-order chi connectivity index (χ0) is 12.8. The first kappa shape index (κ1) is 11.0. The van der Waals surface area contributed by atoms with E-state index in [9.17, 15) is 0 Å². The largest absolute Gasteiger partial charge is 0.383 e. The SMILES string of the molecule is Nc1[nH]nc2nc3c(c(-c4cccs4)c12)CCCC3. The van der Waals surface area contributed by atoms with Gasteiger partial charge in [-0.3, -0.25) is 5.10 Å². The predicted octanol–water partition coefficient (Wildman–Crippen LogP) is 3.15. The van der Waals surface area contributed by atoms with Crippen LogP contribution in [0.2, 0.25) is 0 Å². The second-order valence-corrected chi connectivity index (χ2v) is 5.88. The van der Waals surface area contributed by atoms with Crippen molar-refractivity contribution in [3.63, 3.8) is 0 Å². The van der Waals surface area contributed by atoms with Crippen molar-refractivity contribution < 1.29 is 0 Å². The van der Waals surface area contributed by atoms with Crippen molar-refractivity contribution >= 4 is 28.2 Å². The number of nitrogens with two attached hydrogens (primary N) is 1. The Bertz CT molecular complexity index is 742. The molecule has 4 nitrogen and oxygen atoms in total. The van der Waals surface area contributed by atoms with Crippen LogP contribution in [0.4, 0.5) is 5.82 Å². The highest BCUT2D eigenvalue weighted by Gasteiger charge is 2.22. The summed E-state index contributed by atoms with van der Waals surface area (Å²) in [6.07, 6.45) is 4.60. The van der Waals surface area contributed by atoms with E-state index in [0.717, 1.165) is 23.9 Å². The Morgan fingerprint density at radius 2 is 2.16 bits per heavy atom. The van der Waals surface area contributed by atoms with Gasteiger partial charge in [-0.05, 0) is 42.7 Å². The summed E-state index contributed by atoms with van der Waals surface area (Å²) in [5.74, 6) is 0.624. The second kappa shape index (κ2) is 4.06. The zero-order valence-electron chi connectivity index (χ0n) is 10.4. The zero-order valence-corrected chi connectivity index (χ0v) is 11.3. The lowest BCUT2D eigenvalue weighted by molar-refractivity contribution is 0.672. The predicted molar refractivity (Wildman–Crippen MR) is 78.3 cm³/mol. The van der Waals surface area contributed by atoms with Crippen LogP contribution in [0, 0.1) is 0 Å². The Labute approximate surface area is 114 Å². The number of pyridine rings is 1. The highest BCUT2D eigenvalue weighted by Crippen LogP contribution is 2.39. The van der Waals surface area contributed by atoms with Crippen LogP contribution in [-0.2, 0) is 12.8 Å². The Kier molecular flexibility index (Phi) is 2.35. The third-order valence-corrected chi connectivity index (χ3v) is 4.66. The number of aromatic nitrogens is 3. The quantitative estimate of drug-likeness (QED) is 0.713. The molecule has 0 spiro atoms. The molecule has 0 bridgehead atoms. The first-order chi connectivity index (χ1) is 9.34. The fraction of sp³-hybridized carbons (Fsp3) is 0.286. The van der Waals surface area contributed by atoms with Gasteiger partial charge in [0.05, 0.1) is 5.39 Å². The van der Waals surface area contributed by atoms with Crippen molar-refractivity contribution in [2.45, 2.75) is 25.7 Å². The van der Waals surface area contributed by atoms with E-state index in [1.165, 1.54) is 34.5 Å². The molecule has 0 aliphatic heterocycles. The van der Waals surface area contributed by atoms with Crippen LogP contribution in [0.1, 0.15) is 24.1 Å². The maximum atomic E-state index is 6.06. The van der Waals surface area contributed by atoms with Gasteiger partial charge in [-0.2, -0.15) is 5.10 Å². The Balaban J connectivity index is 2.14. The van der Waals surface area contributed by atoms with Crippen LogP contribution in [-0.4, -0.2) is 15.2 Å². The summed E-state index contributed by atoms with van der Waals surface area (Å²) >= 11 is 1.75. The van der Waals surface area contributed by atoms with E-state index < -0.39 is 0 Å². The summed E-state index contributed by atoms with van der Waals surface area (Å²) < 4.78 is 0. The number of hydrogen-bond donors (Lipinski definition) is 2. The van der Waals surface area contributed by atoms with Crippen LogP contribution in [0.5, 0.6) is 0 Å². The molecule has 3 heterocycles. The smallest absolute Gasteiger partial charge is 0.184 e. The standard InChI is InChI=1S/C14H14N4S/c15-13-12-11(10-6-3-7-19-10)8-4-1-2-5-9(8)16-14(12)18-17-13/h3,6-7H,1-2,4-5H2,(H3,15,16,17,18). The summed E-state index contributed by atoms with van der Waals surface area (Å²) in [6, 6.07) is 4.23. The fourth-order valence-electron chi connectivity index (χ4n) is 2.93. The van der Waals surface area contributed by atoms with Gasteiger partial charge in [0.2, 0.25) is 0 Å². The number of nitrogens with one attached hydrogen (secondary N) is 1. The lowest BCUT2D eigenvalue weighted by atomic mass is 9.90. The Hall–Kier alpha value is -1.88. The molecule has 0 saturated heterocycles. The van der Waals surface area contributed by atoms with Crippen LogP contribution in [0.15, 0.2) is 17.5 Å². The molecule has 3 aromatic rings. The van der Waals surface area contributed by atoms with Crippen molar-refractivity contribution in [1.82, 2.24) is 15.2 Å². The highest BCUT2D eigenvalue weighted by atomic mass is 32.1. The maximum Gasteiger partial charge on any atom is 0.184 e. The van der Waals surface area contributed by atoms with E-state index in [0.29, 0.717) is 5.82 Å². The van der Waals surface area contributed by atoms with Gasteiger partial charge < -0.3 is 5.73 Å². The lowest BCUT2D eigenvalue weighted by Gasteiger charge is -2.18. The molecular weight excluding hydrogens is 256 g/mol. The van der Waals surface area contributed by atoms with Crippen LogP contribution >= 0.6 is 11.3 Å². The fourth-order valence-corrected chi connectivity index (χ4v) is 3.73. The number of thiophene rings is 1. The number of fused-ring (bicyclic) bond motifs is 2. The summed E-state index contributed by atoms with van der Waals surface area (Å²) in [7, 11) is 0. The molecule has 1 aliphatic carbocycles. The number of rotatable bonds is 1. The van der Waals surface area contributed by atoms with Crippen LogP contribution in [0.25, 0.3) is 21.5 Å². The van der Waals surface area contributed by atoms with Gasteiger partial charge in [0, 0.05) is 16.1 Å². The molecule has 0 radical (unpaired) electrons. The minimum atomic E-state index is 0.624. The molecule has 0 unspecified atom stereocenters. The number of aryl methyl sites for hydroxylation is 1. The normalized spacial score (nSPS) is 14.7. The van der Waals surface area contributed by atoms with E-state index in [2.05, 4.69) is 32.7 Å². The average molecular weight is 270 g/mol. The molecule has 0 amide bonds. The monoisotopic (exact) mass is 270 g/mol. The molecular formula is C14H14N4S. The molecule has 3 aromatic heterocycles. The van der Waals surface area contributed by atoms with Crippen molar-refractivity contribution in [1.29, 1.82) is 0 Å². The first-order valence-corrected chi connectivity index (χ1v) is 7.42. The highest BCUT2D eigenvalue weighted by molar-refractivity contribution is 7.13. The molecule has 0 fully saturated rings. The van der Waals surface area contributed by atoms with Gasteiger partial charge in [0.15, 0.2) is 5.65 Å². The average Bonchev–Trinajstić information content (AvgIpc) is 3.07. The summed E-state index contributed by atoms with van der Waals surface area (Å²) in [4.78, 5) is 5.95. The van der Waals surface area contributed by atoms with E-state index in [1.807, 2.05) is 0 Å². The number of nitrogens with zero attached hydrogens (tertiary/aromatic N) is 2. The van der Waals surface area contributed by atoms with Crippen molar-refractivity contribution in [2.24, 2.45) is 0 Å². The van der Waals surface area contributed by atoms with Crippen molar-refractivity contribution in [2.75, 3.05) is 5.73 Å². The number of anilines is 1. The van der Waals surface area contributed by atoms with Gasteiger partial charge in [-0.1, -0.05) is 6.07 Å². The summed E-state index contributed by atoms with van der Waals surface area (Å²) in [5.41, 5.74) is 10.6. The maximum absolute atomic E-state index is 6.06. The van der Waals surface area contributed by atoms with E-state index in [4.69, 9.17) is 5.73 Å². The summed E-state index contributed by atoms with van der Waals surface area (Å²) in [6.45, 7) is 0. The molecule has 0 atom stereocenters. The van der Waals surface area contributed by atoms with Gasteiger partial charge in [-0.25, -0.2) is 4.98 Å². The molecule has 3 N–H and O–H groups in total. The summed E-state index contributed by atoms with van der Waals surface area (Å²) in [5, 5.41) is 10.2. The molecule has 5 heteroatoms. The van der Waals surface area contributed by atoms with Crippen molar-refractivity contribution in [3.8, 4) is 10.4 Å². The van der Waals surface area contributed by atoms with Gasteiger partial charge in [0.25, 0.3) is 0 Å². The Morgan fingerprint density at radius 1 is 1.26 bits per heavy atom. The minimum absolute atomic E-state index is 0.624. The molecule has 4 rings (SSSR count). The minimum Gasteiger partial charge on any atom is -0.383 e. The molecule has 0 aromatic carbocycles.